The summed E-state index contributed by atoms with van der Waals surface area (Å²) in [6.07, 6.45) is 0. The first-order valence-electron chi connectivity index (χ1n) is 0.707. The molecule has 6 heteroatoms. The predicted octanol–water partition coefficient (Wildman–Crippen LogP) is -4.33. The van der Waals surface area contributed by atoms with Gasteiger partial charge in [0.25, 0.3) is 0 Å². The van der Waals surface area contributed by atoms with Crippen LogP contribution < -0.4 is 15.1 Å². The zero-order valence-electron chi connectivity index (χ0n) is 2.86. The van der Waals surface area contributed by atoms with Crippen molar-refractivity contribution in [2.75, 3.05) is 0 Å². The maximum Gasteiger partial charge on any atom is 2.00 e. The summed E-state index contributed by atoms with van der Waals surface area (Å²) >= 11 is 0. The fraction of sp³-hybridized carbons (Fsp3) is 0. The van der Waals surface area contributed by atoms with Crippen molar-refractivity contribution < 1.29 is 32.1 Å². The van der Waals surface area contributed by atoms with E-state index in [1.807, 2.05) is 0 Å². The molecule has 0 aliphatic heterocycles. The van der Waals surface area contributed by atoms with Gasteiger partial charge in [-0.1, -0.05) is 0 Å². The molecule has 0 bridgehead atoms. The van der Waals surface area contributed by atoms with Gasteiger partial charge in [-0.3, -0.25) is 7.32 Å². The molecule has 0 aromatic rings. The standard InChI is InChI=1S/BO3.Fe.Mg/c2-1(3)4;;/q-3;2*+2. The SMILES string of the molecule is [Fe+2].[Mg+2].[O-]B([O-])[O-]. The summed E-state index contributed by atoms with van der Waals surface area (Å²) in [5, 5.41) is 25.2. The summed E-state index contributed by atoms with van der Waals surface area (Å²) in [6, 6.07) is 0. The van der Waals surface area contributed by atoms with E-state index >= 15 is 0 Å². The van der Waals surface area contributed by atoms with Crippen LogP contribution in [0, 0.1) is 0 Å². The Morgan fingerprint density at radius 1 is 1.00 bits per heavy atom. The molecule has 0 aromatic carbocycles. The Bertz CT molecular complexity index is 15.5. The first-order valence-corrected chi connectivity index (χ1v) is 0.707. The van der Waals surface area contributed by atoms with Gasteiger partial charge in [0.1, 0.15) is 0 Å². The van der Waals surface area contributed by atoms with Gasteiger partial charge < -0.3 is 15.1 Å². The van der Waals surface area contributed by atoms with E-state index < -0.39 is 7.32 Å². The van der Waals surface area contributed by atoms with Crippen molar-refractivity contribution in [1.29, 1.82) is 0 Å². The van der Waals surface area contributed by atoms with Crippen LogP contribution in [0.2, 0.25) is 0 Å². The first-order chi connectivity index (χ1) is 1.73. The van der Waals surface area contributed by atoms with Gasteiger partial charge >= 0.3 is 40.1 Å². The van der Waals surface area contributed by atoms with Crippen LogP contribution in [0.15, 0.2) is 0 Å². The van der Waals surface area contributed by atoms with E-state index in [2.05, 4.69) is 0 Å². The minimum atomic E-state index is -2.92. The largest absolute Gasteiger partial charge is 2.00 e. The van der Waals surface area contributed by atoms with Crippen molar-refractivity contribution in [3.63, 3.8) is 0 Å². The van der Waals surface area contributed by atoms with E-state index in [0.717, 1.165) is 0 Å². The Hall–Kier alpha value is 1.23. The smallest absolute Gasteiger partial charge is 0.907 e. The van der Waals surface area contributed by atoms with Crippen LogP contribution in [-0.2, 0) is 17.1 Å². The summed E-state index contributed by atoms with van der Waals surface area (Å²) in [5.41, 5.74) is 0. The molecule has 0 amide bonds. The second-order valence-corrected chi connectivity index (χ2v) is 0.289. The normalized spacial score (nSPS) is 4.50. The Kier molecular flexibility index (Phi) is 24.9. The minimum absolute atomic E-state index is 0. The molecule has 0 aromatic heterocycles. The maximum atomic E-state index is 8.42. The molecule has 0 atom stereocenters. The Balaban J connectivity index is -0.0000000450. The van der Waals surface area contributed by atoms with Crippen LogP contribution >= 0.6 is 0 Å². The van der Waals surface area contributed by atoms with Gasteiger partial charge in [0, 0.05) is 0 Å². The summed E-state index contributed by atoms with van der Waals surface area (Å²) < 4.78 is 0. The predicted molar refractivity (Wildman–Crippen MR) is 11.5 cm³/mol. The van der Waals surface area contributed by atoms with Gasteiger partial charge in [-0.05, 0) is 0 Å². The van der Waals surface area contributed by atoms with Gasteiger partial charge in [0.05, 0.1) is 0 Å². The topological polar surface area (TPSA) is 69.2 Å². The summed E-state index contributed by atoms with van der Waals surface area (Å²) in [4.78, 5) is 0. The van der Waals surface area contributed by atoms with Gasteiger partial charge in [0.2, 0.25) is 0 Å². The molecule has 0 rings (SSSR count). The van der Waals surface area contributed by atoms with Crippen LogP contribution in [0.1, 0.15) is 0 Å². The second-order valence-electron chi connectivity index (χ2n) is 0.289. The fourth-order valence-corrected chi connectivity index (χ4v) is 0. The van der Waals surface area contributed by atoms with Crippen LogP contribution in [-0.4, -0.2) is 30.4 Å². The molecule has 0 aliphatic carbocycles. The summed E-state index contributed by atoms with van der Waals surface area (Å²) in [5.74, 6) is 0. The van der Waals surface area contributed by atoms with Crippen molar-refractivity contribution in [2.24, 2.45) is 0 Å². The maximum absolute atomic E-state index is 8.42. The van der Waals surface area contributed by atoms with Crippen LogP contribution in [0.3, 0.4) is 0 Å². The van der Waals surface area contributed by atoms with Crippen molar-refractivity contribution in [3.05, 3.63) is 0 Å². The molecule has 3 nitrogen and oxygen atoms in total. The van der Waals surface area contributed by atoms with E-state index in [1.54, 1.807) is 0 Å². The molecule has 0 radical (unpaired) electrons. The van der Waals surface area contributed by atoms with Crippen molar-refractivity contribution in [1.82, 2.24) is 0 Å². The molecule has 0 saturated heterocycles. The fourth-order valence-electron chi connectivity index (χ4n) is 0. The third-order valence-electron chi connectivity index (χ3n) is 0. The molecule has 0 aliphatic rings. The van der Waals surface area contributed by atoms with Gasteiger partial charge in [-0.2, -0.15) is 0 Å². The Morgan fingerprint density at radius 2 is 1.00 bits per heavy atom. The van der Waals surface area contributed by atoms with E-state index in [1.165, 1.54) is 0 Å². The molecular weight excluding hydrogens is 139 g/mol. The number of hydrogen-bond donors (Lipinski definition) is 0. The van der Waals surface area contributed by atoms with E-state index in [4.69, 9.17) is 15.1 Å². The molecule has 0 spiro atoms. The van der Waals surface area contributed by atoms with E-state index in [9.17, 15) is 0 Å². The van der Waals surface area contributed by atoms with Crippen LogP contribution in [0.5, 0.6) is 0 Å². The first kappa shape index (κ1) is 15.7. The number of hydrogen-bond acceptors (Lipinski definition) is 3. The van der Waals surface area contributed by atoms with Gasteiger partial charge in [-0.25, -0.2) is 0 Å². The van der Waals surface area contributed by atoms with Crippen molar-refractivity contribution >= 4 is 30.4 Å². The van der Waals surface area contributed by atoms with E-state index in [0.29, 0.717) is 0 Å². The Labute approximate surface area is 62.6 Å². The van der Waals surface area contributed by atoms with Gasteiger partial charge in [0.15, 0.2) is 0 Å². The van der Waals surface area contributed by atoms with Crippen LogP contribution in [0.25, 0.3) is 0 Å². The molecular formula is BFeMgO3+. The monoisotopic (exact) mass is 139 g/mol. The van der Waals surface area contributed by atoms with Crippen molar-refractivity contribution in [2.45, 2.75) is 0 Å². The third-order valence-corrected chi connectivity index (χ3v) is 0. The minimum Gasteiger partial charge on any atom is -0.907 e. The molecule has 0 unspecified atom stereocenters. The molecule has 30 valence electrons. The average Bonchev–Trinajstić information content (AvgIpc) is 0.811. The third kappa shape index (κ3) is 61.8. The summed E-state index contributed by atoms with van der Waals surface area (Å²) in [7, 11) is -2.92. The van der Waals surface area contributed by atoms with Gasteiger partial charge in [-0.15, -0.1) is 0 Å². The quantitative estimate of drug-likeness (QED) is 0.318. The zero-order chi connectivity index (χ0) is 3.58. The molecule has 0 N–H and O–H groups in total. The van der Waals surface area contributed by atoms with E-state index in [-0.39, 0.29) is 40.1 Å². The molecule has 6 heavy (non-hydrogen) atoms. The Morgan fingerprint density at radius 3 is 1.00 bits per heavy atom. The average molecular weight is 139 g/mol. The van der Waals surface area contributed by atoms with Crippen molar-refractivity contribution in [3.8, 4) is 0 Å². The van der Waals surface area contributed by atoms with Crippen LogP contribution in [0.4, 0.5) is 0 Å². The molecule has 0 heterocycles. The number of rotatable bonds is 0. The molecule has 0 saturated carbocycles. The second kappa shape index (κ2) is 9.52. The molecule has 0 fully saturated rings. The summed E-state index contributed by atoms with van der Waals surface area (Å²) in [6.45, 7) is 0. The zero-order valence-corrected chi connectivity index (χ0v) is 5.38.